The Morgan fingerprint density at radius 1 is 0.792 bits per heavy atom. The number of anilines is 2. The first-order valence-corrected chi connectivity index (χ1v) is 8.75. The molecule has 0 aliphatic carbocycles. The summed E-state index contributed by atoms with van der Waals surface area (Å²) in [5.74, 6) is 7.97. The van der Waals surface area contributed by atoms with Crippen LogP contribution in [-0.2, 0) is 0 Å². The molecule has 0 saturated carbocycles. The summed E-state index contributed by atoms with van der Waals surface area (Å²) in [5, 5.41) is 1.65. The summed E-state index contributed by atoms with van der Waals surface area (Å²) in [6.45, 7) is 5.75. The highest BCUT2D eigenvalue weighted by molar-refractivity contribution is 5.64. The van der Waals surface area contributed by atoms with E-state index in [4.69, 9.17) is 15.3 Å². The third-order valence-corrected chi connectivity index (χ3v) is 3.72. The highest BCUT2D eigenvalue weighted by atomic mass is 16.5. The Labute approximate surface area is 145 Å². The van der Waals surface area contributed by atoms with Gasteiger partial charge >= 0.3 is 0 Å². The van der Waals surface area contributed by atoms with Crippen LogP contribution in [-0.4, -0.2) is 13.2 Å². The van der Waals surface area contributed by atoms with Gasteiger partial charge in [0.15, 0.2) is 0 Å². The standard InChI is InChI=1S/C20H28N2O2/c1-3-5-13-23-19-11-7-9-17(15-19)22(21)18-10-8-12-20(16-18)24-14-6-4-2/h7-12,15-16H,3-6,13-14,21H2,1-2H3. The second kappa shape index (κ2) is 9.83. The smallest absolute Gasteiger partial charge is 0.121 e. The molecule has 0 spiro atoms. The Bertz CT molecular complexity index is 563. The second-order valence-electron chi connectivity index (χ2n) is 5.77. The van der Waals surface area contributed by atoms with Crippen molar-refractivity contribution in [2.45, 2.75) is 39.5 Å². The number of unbranched alkanes of at least 4 members (excludes halogenated alkanes) is 2. The Hall–Kier alpha value is -2.20. The molecule has 0 unspecified atom stereocenters. The van der Waals surface area contributed by atoms with Crippen molar-refractivity contribution in [3.8, 4) is 11.5 Å². The molecule has 0 aliphatic heterocycles. The van der Waals surface area contributed by atoms with E-state index in [9.17, 15) is 0 Å². The van der Waals surface area contributed by atoms with Crippen LogP contribution in [0.1, 0.15) is 39.5 Å². The van der Waals surface area contributed by atoms with Crippen molar-refractivity contribution in [2.75, 3.05) is 18.2 Å². The van der Waals surface area contributed by atoms with Crippen molar-refractivity contribution in [3.63, 3.8) is 0 Å². The van der Waals surface area contributed by atoms with Gasteiger partial charge in [-0.15, -0.1) is 0 Å². The molecule has 0 atom stereocenters. The van der Waals surface area contributed by atoms with E-state index in [2.05, 4.69) is 13.8 Å². The summed E-state index contributed by atoms with van der Waals surface area (Å²) in [5.41, 5.74) is 1.77. The van der Waals surface area contributed by atoms with Gasteiger partial charge in [0.1, 0.15) is 11.5 Å². The minimum absolute atomic E-state index is 0.727. The number of hydrazine groups is 1. The monoisotopic (exact) mass is 328 g/mol. The number of nitrogens with two attached hydrogens (primary N) is 1. The van der Waals surface area contributed by atoms with Crippen molar-refractivity contribution in [2.24, 2.45) is 5.84 Å². The lowest BCUT2D eigenvalue weighted by Crippen LogP contribution is -2.24. The predicted octanol–water partition coefficient (Wildman–Crippen LogP) is 5.06. The maximum absolute atomic E-state index is 6.29. The average Bonchev–Trinajstić information content (AvgIpc) is 2.62. The largest absolute Gasteiger partial charge is 0.494 e. The fourth-order valence-electron chi connectivity index (χ4n) is 2.26. The molecule has 24 heavy (non-hydrogen) atoms. The van der Waals surface area contributed by atoms with Crippen LogP contribution in [0.2, 0.25) is 0 Å². The summed E-state index contributed by atoms with van der Waals surface area (Å²) in [7, 11) is 0. The van der Waals surface area contributed by atoms with Gasteiger partial charge < -0.3 is 9.47 Å². The highest BCUT2D eigenvalue weighted by Crippen LogP contribution is 2.28. The fourth-order valence-corrected chi connectivity index (χ4v) is 2.26. The van der Waals surface area contributed by atoms with Gasteiger partial charge in [-0.25, -0.2) is 5.84 Å². The molecule has 2 aromatic carbocycles. The normalized spacial score (nSPS) is 10.5. The average molecular weight is 328 g/mol. The molecule has 0 fully saturated rings. The first kappa shape index (κ1) is 18.1. The van der Waals surface area contributed by atoms with Crippen molar-refractivity contribution in [1.29, 1.82) is 0 Å². The van der Waals surface area contributed by atoms with Gasteiger partial charge in [-0.3, -0.25) is 5.01 Å². The predicted molar refractivity (Wildman–Crippen MR) is 100 cm³/mol. The van der Waals surface area contributed by atoms with Crippen LogP contribution in [0.4, 0.5) is 11.4 Å². The van der Waals surface area contributed by atoms with Crippen LogP contribution in [0.3, 0.4) is 0 Å². The van der Waals surface area contributed by atoms with Crippen LogP contribution >= 0.6 is 0 Å². The van der Waals surface area contributed by atoms with Crippen LogP contribution in [0.5, 0.6) is 11.5 Å². The Morgan fingerprint density at radius 2 is 1.25 bits per heavy atom. The van der Waals surface area contributed by atoms with Gasteiger partial charge in [-0.2, -0.15) is 0 Å². The lowest BCUT2D eigenvalue weighted by atomic mass is 10.2. The summed E-state index contributed by atoms with van der Waals surface area (Å²) in [4.78, 5) is 0. The molecule has 2 rings (SSSR count). The lowest BCUT2D eigenvalue weighted by molar-refractivity contribution is 0.309. The Balaban J connectivity index is 2.06. The lowest BCUT2D eigenvalue weighted by Gasteiger charge is -2.20. The van der Waals surface area contributed by atoms with Crippen molar-refractivity contribution >= 4 is 11.4 Å². The van der Waals surface area contributed by atoms with E-state index in [1.807, 2.05) is 48.5 Å². The van der Waals surface area contributed by atoms with E-state index in [1.165, 1.54) is 0 Å². The molecule has 0 aliphatic rings. The number of rotatable bonds is 10. The number of hydrogen-bond acceptors (Lipinski definition) is 4. The molecular formula is C20H28N2O2. The number of benzene rings is 2. The maximum Gasteiger partial charge on any atom is 0.121 e. The zero-order chi connectivity index (χ0) is 17.2. The van der Waals surface area contributed by atoms with E-state index in [0.29, 0.717) is 0 Å². The fraction of sp³-hybridized carbons (Fsp3) is 0.400. The van der Waals surface area contributed by atoms with E-state index >= 15 is 0 Å². The molecule has 0 amide bonds. The summed E-state index contributed by atoms with van der Waals surface area (Å²) in [6.07, 6.45) is 4.34. The molecule has 0 bridgehead atoms. The topological polar surface area (TPSA) is 47.7 Å². The zero-order valence-corrected chi connectivity index (χ0v) is 14.7. The summed E-state index contributed by atoms with van der Waals surface area (Å²) >= 11 is 0. The van der Waals surface area contributed by atoms with Gasteiger partial charge in [0, 0.05) is 12.1 Å². The SMILES string of the molecule is CCCCOc1cccc(N(N)c2cccc(OCCCC)c2)c1. The van der Waals surface area contributed by atoms with Gasteiger partial charge in [0.25, 0.3) is 0 Å². The summed E-state index contributed by atoms with van der Waals surface area (Å²) in [6, 6.07) is 15.7. The molecule has 0 aromatic heterocycles. The highest BCUT2D eigenvalue weighted by Gasteiger charge is 2.07. The number of nitrogens with zero attached hydrogens (tertiary/aromatic N) is 1. The van der Waals surface area contributed by atoms with Gasteiger partial charge in [-0.1, -0.05) is 38.8 Å². The molecule has 0 saturated heterocycles. The van der Waals surface area contributed by atoms with Gasteiger partial charge in [-0.05, 0) is 37.1 Å². The minimum atomic E-state index is 0.727. The van der Waals surface area contributed by atoms with E-state index < -0.39 is 0 Å². The number of ether oxygens (including phenoxy) is 2. The quantitative estimate of drug-likeness (QED) is 0.376. The third-order valence-electron chi connectivity index (χ3n) is 3.72. The van der Waals surface area contributed by atoms with Crippen molar-refractivity contribution in [1.82, 2.24) is 0 Å². The molecule has 0 heterocycles. The summed E-state index contributed by atoms with van der Waals surface area (Å²) < 4.78 is 11.5. The van der Waals surface area contributed by atoms with E-state index in [0.717, 1.165) is 61.8 Å². The molecule has 4 nitrogen and oxygen atoms in total. The van der Waals surface area contributed by atoms with Crippen molar-refractivity contribution < 1.29 is 9.47 Å². The number of hydrogen-bond donors (Lipinski definition) is 1. The first-order valence-electron chi connectivity index (χ1n) is 8.75. The molecule has 0 radical (unpaired) electrons. The minimum Gasteiger partial charge on any atom is -0.494 e. The van der Waals surface area contributed by atoms with Gasteiger partial charge in [0.2, 0.25) is 0 Å². The van der Waals surface area contributed by atoms with Gasteiger partial charge in [0.05, 0.1) is 24.6 Å². The molecule has 4 heteroatoms. The Morgan fingerprint density at radius 3 is 1.67 bits per heavy atom. The third kappa shape index (κ3) is 5.46. The zero-order valence-electron chi connectivity index (χ0n) is 14.7. The van der Waals surface area contributed by atoms with Crippen molar-refractivity contribution in [3.05, 3.63) is 48.5 Å². The van der Waals surface area contributed by atoms with E-state index in [1.54, 1.807) is 5.01 Å². The maximum atomic E-state index is 6.29. The van der Waals surface area contributed by atoms with Crippen LogP contribution in [0, 0.1) is 0 Å². The molecule has 130 valence electrons. The molecule has 2 N–H and O–H groups in total. The second-order valence-corrected chi connectivity index (χ2v) is 5.77. The Kier molecular flexibility index (Phi) is 7.43. The molecular weight excluding hydrogens is 300 g/mol. The van der Waals surface area contributed by atoms with Crippen LogP contribution < -0.4 is 20.3 Å². The van der Waals surface area contributed by atoms with Crippen LogP contribution in [0.25, 0.3) is 0 Å². The van der Waals surface area contributed by atoms with Crippen LogP contribution in [0.15, 0.2) is 48.5 Å². The first-order chi connectivity index (χ1) is 11.7. The van der Waals surface area contributed by atoms with E-state index in [-0.39, 0.29) is 0 Å². The molecule has 2 aromatic rings.